The van der Waals surface area contributed by atoms with Crippen LogP contribution in [0.4, 0.5) is 5.69 Å². The maximum Gasteiger partial charge on any atom is 0.305 e. The topological polar surface area (TPSA) is 82.2 Å². The van der Waals surface area contributed by atoms with Crippen molar-refractivity contribution in [3.8, 4) is 5.75 Å². The van der Waals surface area contributed by atoms with E-state index < -0.39 is 5.91 Å². The van der Waals surface area contributed by atoms with E-state index in [2.05, 4.69) is 10.3 Å². The van der Waals surface area contributed by atoms with Crippen LogP contribution in [-0.2, 0) is 0 Å². The SMILES string of the molecule is Cc1ccc(O)c(NC(=O)c2sc(=O)[nH]c2C)c1. The molecule has 1 heterocycles. The van der Waals surface area contributed by atoms with Crippen LogP contribution in [0.5, 0.6) is 5.75 Å². The minimum Gasteiger partial charge on any atom is -0.506 e. The van der Waals surface area contributed by atoms with E-state index in [-0.39, 0.29) is 10.6 Å². The molecule has 0 saturated heterocycles. The number of phenols is 1. The van der Waals surface area contributed by atoms with Crippen molar-refractivity contribution < 1.29 is 9.90 Å². The van der Waals surface area contributed by atoms with Crippen LogP contribution in [0.2, 0.25) is 0 Å². The van der Waals surface area contributed by atoms with E-state index in [9.17, 15) is 14.7 Å². The van der Waals surface area contributed by atoms with Crippen LogP contribution in [0.15, 0.2) is 23.0 Å². The Hall–Kier alpha value is -2.08. The summed E-state index contributed by atoms with van der Waals surface area (Å²) in [5, 5.41) is 12.2. The smallest absolute Gasteiger partial charge is 0.305 e. The number of thiazole rings is 1. The Bertz CT molecular complexity index is 658. The van der Waals surface area contributed by atoms with Crippen molar-refractivity contribution in [1.29, 1.82) is 0 Å². The molecule has 5 nitrogen and oxygen atoms in total. The fourth-order valence-corrected chi connectivity index (χ4v) is 2.29. The minimum atomic E-state index is -0.406. The molecule has 0 aliphatic heterocycles. The Morgan fingerprint density at radius 3 is 2.72 bits per heavy atom. The molecule has 94 valence electrons. The van der Waals surface area contributed by atoms with Crippen molar-refractivity contribution in [1.82, 2.24) is 4.98 Å². The summed E-state index contributed by atoms with van der Waals surface area (Å²) in [6.07, 6.45) is 0. The van der Waals surface area contributed by atoms with Crippen LogP contribution in [0, 0.1) is 13.8 Å². The molecule has 0 spiro atoms. The molecule has 0 radical (unpaired) electrons. The second kappa shape index (κ2) is 4.66. The molecule has 0 fully saturated rings. The van der Waals surface area contributed by atoms with Gasteiger partial charge in [-0.15, -0.1) is 0 Å². The molecule has 0 saturated carbocycles. The molecule has 2 rings (SSSR count). The Morgan fingerprint density at radius 2 is 2.11 bits per heavy atom. The summed E-state index contributed by atoms with van der Waals surface area (Å²) >= 11 is 0.847. The second-order valence-electron chi connectivity index (χ2n) is 3.94. The lowest BCUT2D eigenvalue weighted by atomic mass is 10.2. The van der Waals surface area contributed by atoms with Gasteiger partial charge in [-0.1, -0.05) is 17.4 Å². The highest BCUT2D eigenvalue weighted by molar-refractivity contribution is 7.11. The summed E-state index contributed by atoms with van der Waals surface area (Å²) in [5.74, 6) is -0.411. The van der Waals surface area contributed by atoms with Crippen molar-refractivity contribution in [3.05, 3.63) is 44.0 Å². The largest absolute Gasteiger partial charge is 0.506 e. The van der Waals surface area contributed by atoms with Crippen LogP contribution < -0.4 is 10.2 Å². The maximum absolute atomic E-state index is 11.9. The van der Waals surface area contributed by atoms with Crippen LogP contribution in [0.25, 0.3) is 0 Å². The van der Waals surface area contributed by atoms with E-state index in [0.717, 1.165) is 16.9 Å². The quantitative estimate of drug-likeness (QED) is 0.726. The molecular formula is C12H12N2O3S. The van der Waals surface area contributed by atoms with Crippen LogP contribution in [0.3, 0.4) is 0 Å². The maximum atomic E-state index is 11.9. The number of benzene rings is 1. The Kier molecular flexibility index (Phi) is 3.20. The van der Waals surface area contributed by atoms with Crippen molar-refractivity contribution in [2.75, 3.05) is 5.32 Å². The predicted octanol–water partition coefficient (Wildman–Crippen LogP) is 2.01. The van der Waals surface area contributed by atoms with Gasteiger partial charge in [0.15, 0.2) is 0 Å². The molecule has 0 aliphatic carbocycles. The molecule has 18 heavy (non-hydrogen) atoms. The number of rotatable bonds is 2. The Labute approximate surface area is 107 Å². The molecule has 2 aromatic rings. The number of aromatic nitrogens is 1. The second-order valence-corrected chi connectivity index (χ2v) is 4.93. The van der Waals surface area contributed by atoms with Gasteiger partial charge in [-0.3, -0.25) is 9.59 Å². The molecule has 0 unspecified atom stereocenters. The fourth-order valence-electron chi connectivity index (χ4n) is 1.55. The number of amides is 1. The fraction of sp³-hybridized carbons (Fsp3) is 0.167. The van der Waals surface area contributed by atoms with Gasteiger partial charge in [0.1, 0.15) is 10.6 Å². The number of H-pyrrole nitrogens is 1. The van der Waals surface area contributed by atoms with E-state index >= 15 is 0 Å². The molecule has 0 atom stereocenters. The van der Waals surface area contributed by atoms with E-state index in [4.69, 9.17) is 0 Å². The van der Waals surface area contributed by atoms with Gasteiger partial charge >= 0.3 is 4.87 Å². The zero-order valence-corrected chi connectivity index (χ0v) is 10.7. The van der Waals surface area contributed by atoms with Crippen LogP contribution in [0.1, 0.15) is 20.9 Å². The first-order chi connectivity index (χ1) is 8.47. The first kappa shape index (κ1) is 12.4. The monoisotopic (exact) mass is 264 g/mol. The van der Waals surface area contributed by atoms with Crippen LogP contribution in [-0.4, -0.2) is 16.0 Å². The highest BCUT2D eigenvalue weighted by atomic mass is 32.1. The Morgan fingerprint density at radius 1 is 1.39 bits per heavy atom. The molecule has 0 bridgehead atoms. The van der Waals surface area contributed by atoms with E-state index in [0.29, 0.717) is 16.3 Å². The molecule has 3 N–H and O–H groups in total. The zero-order chi connectivity index (χ0) is 13.3. The zero-order valence-electron chi connectivity index (χ0n) is 9.90. The van der Waals surface area contributed by atoms with Gasteiger partial charge in [0.2, 0.25) is 0 Å². The first-order valence-electron chi connectivity index (χ1n) is 5.28. The van der Waals surface area contributed by atoms with E-state index in [1.54, 1.807) is 19.1 Å². The third kappa shape index (κ3) is 2.43. The van der Waals surface area contributed by atoms with Crippen molar-refractivity contribution in [2.45, 2.75) is 13.8 Å². The standard InChI is InChI=1S/C12H12N2O3S/c1-6-3-4-9(15)8(5-6)14-11(16)10-7(2)13-12(17)18-10/h3-5,15H,1-2H3,(H,13,17)(H,14,16). The number of hydrogen-bond acceptors (Lipinski definition) is 4. The third-order valence-electron chi connectivity index (χ3n) is 2.43. The molecule has 0 aliphatic rings. The molecule has 1 aromatic heterocycles. The molecular weight excluding hydrogens is 252 g/mol. The van der Waals surface area contributed by atoms with Gasteiger partial charge in [0.25, 0.3) is 5.91 Å². The highest BCUT2D eigenvalue weighted by Gasteiger charge is 2.14. The van der Waals surface area contributed by atoms with Crippen LogP contribution >= 0.6 is 11.3 Å². The lowest BCUT2D eigenvalue weighted by Gasteiger charge is -2.07. The average molecular weight is 264 g/mol. The lowest BCUT2D eigenvalue weighted by molar-refractivity contribution is 0.102. The number of carbonyl (C=O) groups excluding carboxylic acids is 1. The number of nitrogens with one attached hydrogen (secondary N) is 2. The summed E-state index contributed by atoms with van der Waals surface area (Å²) in [6, 6.07) is 4.92. The summed E-state index contributed by atoms with van der Waals surface area (Å²) in [4.78, 5) is 25.7. The highest BCUT2D eigenvalue weighted by Crippen LogP contribution is 2.24. The Balaban J connectivity index is 2.29. The lowest BCUT2D eigenvalue weighted by Crippen LogP contribution is -2.11. The van der Waals surface area contributed by atoms with Crippen molar-refractivity contribution in [2.24, 2.45) is 0 Å². The van der Waals surface area contributed by atoms with Crippen molar-refractivity contribution in [3.63, 3.8) is 0 Å². The molecule has 1 amide bonds. The predicted molar refractivity (Wildman–Crippen MR) is 70.5 cm³/mol. The average Bonchev–Trinajstić information content (AvgIpc) is 2.63. The third-order valence-corrected chi connectivity index (χ3v) is 3.41. The number of carbonyl (C=O) groups is 1. The molecule has 6 heteroatoms. The molecule has 1 aromatic carbocycles. The summed E-state index contributed by atoms with van der Waals surface area (Å²) in [6.45, 7) is 3.51. The van der Waals surface area contributed by atoms with E-state index in [1.807, 2.05) is 6.92 Å². The van der Waals surface area contributed by atoms with Gasteiger partial charge in [-0.25, -0.2) is 0 Å². The van der Waals surface area contributed by atoms with Crippen molar-refractivity contribution >= 4 is 22.9 Å². The van der Waals surface area contributed by atoms with Gasteiger partial charge < -0.3 is 15.4 Å². The van der Waals surface area contributed by atoms with Gasteiger partial charge in [-0.2, -0.15) is 0 Å². The summed E-state index contributed by atoms with van der Waals surface area (Å²) < 4.78 is 0. The number of aromatic amines is 1. The van der Waals surface area contributed by atoms with Gasteiger partial charge in [-0.05, 0) is 31.5 Å². The normalized spacial score (nSPS) is 10.3. The first-order valence-corrected chi connectivity index (χ1v) is 6.09. The number of phenolic OH excluding ortho intramolecular Hbond substituents is 1. The number of aryl methyl sites for hydroxylation is 2. The number of aromatic hydroxyl groups is 1. The summed E-state index contributed by atoms with van der Waals surface area (Å²) in [7, 11) is 0. The number of hydrogen-bond donors (Lipinski definition) is 3. The van der Waals surface area contributed by atoms with E-state index in [1.165, 1.54) is 6.07 Å². The van der Waals surface area contributed by atoms with Gasteiger partial charge in [0.05, 0.1) is 5.69 Å². The van der Waals surface area contributed by atoms with Gasteiger partial charge in [0, 0.05) is 5.69 Å². The summed E-state index contributed by atoms with van der Waals surface area (Å²) in [5.41, 5.74) is 1.77. The number of anilines is 1. The minimum absolute atomic E-state index is 0.00511.